The van der Waals surface area contributed by atoms with Gasteiger partial charge in [0.2, 0.25) is 12.7 Å². The van der Waals surface area contributed by atoms with Gasteiger partial charge < -0.3 is 14.8 Å². The van der Waals surface area contributed by atoms with Crippen LogP contribution < -0.4 is 14.8 Å². The van der Waals surface area contributed by atoms with Gasteiger partial charge in [-0.05, 0) is 61.7 Å². The first-order valence-electron chi connectivity index (χ1n) is 11.1. The molecule has 2 heterocycles. The molecule has 3 aromatic rings. The summed E-state index contributed by atoms with van der Waals surface area (Å²) in [4.78, 5) is 22.6. The van der Waals surface area contributed by atoms with E-state index in [1.807, 2.05) is 6.07 Å². The van der Waals surface area contributed by atoms with Crippen LogP contribution in [0.1, 0.15) is 28.7 Å². The summed E-state index contributed by atoms with van der Waals surface area (Å²) in [5, 5.41) is 3.79. The molecule has 0 fully saturated rings. The molecule has 5 rings (SSSR count). The fourth-order valence-corrected chi connectivity index (χ4v) is 4.55. The average molecular weight is 472 g/mol. The summed E-state index contributed by atoms with van der Waals surface area (Å²) in [6.45, 7) is 6.43. The van der Waals surface area contributed by atoms with Crippen molar-refractivity contribution in [1.29, 1.82) is 0 Å². The number of fused-ring (bicyclic) bond motifs is 2. The van der Waals surface area contributed by atoms with Crippen molar-refractivity contribution < 1.29 is 14.3 Å². The third-order valence-electron chi connectivity index (χ3n) is 5.82. The number of nitrogens with one attached hydrogen (secondary N) is 1. The highest BCUT2D eigenvalue weighted by atomic mass is 32.2. The monoisotopic (exact) mass is 471 g/mol. The molecule has 0 radical (unpaired) electrons. The van der Waals surface area contributed by atoms with Crippen LogP contribution in [-0.2, 0) is 4.79 Å². The zero-order valence-electron chi connectivity index (χ0n) is 19.3. The van der Waals surface area contributed by atoms with Crippen LogP contribution in [0.3, 0.4) is 0 Å². The first-order chi connectivity index (χ1) is 16.4. The Labute approximate surface area is 203 Å². The molecule has 0 aliphatic carbocycles. The van der Waals surface area contributed by atoms with Crippen molar-refractivity contribution in [3.05, 3.63) is 76.9 Å². The summed E-state index contributed by atoms with van der Waals surface area (Å²) < 4.78 is 10.7. The van der Waals surface area contributed by atoms with Crippen LogP contribution in [0.15, 0.2) is 64.6 Å². The number of rotatable bonds is 4. The van der Waals surface area contributed by atoms with Gasteiger partial charge in [0.1, 0.15) is 0 Å². The molecule has 2 aliphatic rings. The number of aryl methyl sites for hydroxylation is 3. The van der Waals surface area contributed by atoms with Crippen LogP contribution in [0, 0.1) is 20.8 Å². The lowest BCUT2D eigenvalue weighted by atomic mass is 10.1. The van der Waals surface area contributed by atoms with Gasteiger partial charge in [-0.15, -0.1) is 11.8 Å². The van der Waals surface area contributed by atoms with Gasteiger partial charge in [-0.3, -0.25) is 9.79 Å². The molecule has 1 amide bonds. The molecule has 34 heavy (non-hydrogen) atoms. The maximum Gasteiger partial charge on any atom is 0.234 e. The Morgan fingerprint density at radius 2 is 1.62 bits per heavy atom. The van der Waals surface area contributed by atoms with Gasteiger partial charge >= 0.3 is 0 Å². The van der Waals surface area contributed by atoms with Gasteiger partial charge in [-0.1, -0.05) is 29.8 Å². The second-order valence-electron chi connectivity index (χ2n) is 8.44. The number of hydrogen-bond acceptors (Lipinski definition) is 6. The molecule has 0 aromatic heterocycles. The normalized spacial score (nSPS) is 14.1. The molecule has 0 unspecified atom stereocenters. The lowest BCUT2D eigenvalue weighted by Gasteiger charge is -2.09. The van der Waals surface area contributed by atoms with Crippen LogP contribution in [-0.4, -0.2) is 29.2 Å². The molecule has 0 bridgehead atoms. The van der Waals surface area contributed by atoms with Crippen LogP contribution in [0.2, 0.25) is 0 Å². The number of anilines is 1. The Hall–Kier alpha value is -3.58. The lowest BCUT2D eigenvalue weighted by molar-refractivity contribution is -0.113. The van der Waals surface area contributed by atoms with E-state index in [1.54, 1.807) is 12.1 Å². The first-order valence-corrected chi connectivity index (χ1v) is 12.1. The summed E-state index contributed by atoms with van der Waals surface area (Å²) in [6, 6.07) is 17.9. The Morgan fingerprint density at radius 3 is 2.38 bits per heavy atom. The molecular weight excluding hydrogens is 446 g/mol. The number of aliphatic imine (C=N–C) groups is 2. The Morgan fingerprint density at radius 1 is 0.912 bits per heavy atom. The van der Waals surface area contributed by atoms with E-state index in [0.717, 1.165) is 27.7 Å². The standard InChI is InChI=1S/C27H25N3O3S/c1-16-4-6-19(7-5-16)21-13-27(30-23-11-18(3)17(2)10-22(23)29-21)34-14-26(31)28-20-8-9-24-25(12-20)33-15-32-24/h4-12H,13-15H2,1-3H3,(H,28,31). The predicted octanol–water partition coefficient (Wildman–Crippen LogP) is 6.27. The Kier molecular flexibility index (Phi) is 6.11. The quantitative estimate of drug-likeness (QED) is 0.487. The zero-order valence-corrected chi connectivity index (χ0v) is 20.2. The van der Waals surface area contributed by atoms with Crippen molar-refractivity contribution in [1.82, 2.24) is 0 Å². The molecule has 1 N–H and O–H groups in total. The summed E-state index contributed by atoms with van der Waals surface area (Å²) in [5.74, 6) is 1.46. The van der Waals surface area contributed by atoms with Gasteiger partial charge in [0, 0.05) is 18.2 Å². The second kappa shape index (κ2) is 9.35. The maximum absolute atomic E-state index is 12.7. The average Bonchev–Trinajstić information content (AvgIpc) is 3.21. The molecule has 0 saturated carbocycles. The number of hydrogen-bond donors (Lipinski definition) is 1. The SMILES string of the molecule is Cc1ccc(C2=Nc3cc(C)c(C)cc3N=C(SCC(=O)Nc3ccc4c(c3)OCO4)C2)cc1. The minimum Gasteiger partial charge on any atom is -0.454 e. The van der Waals surface area contributed by atoms with E-state index in [4.69, 9.17) is 19.5 Å². The van der Waals surface area contributed by atoms with E-state index in [0.29, 0.717) is 23.6 Å². The number of thioether (sulfide) groups is 1. The highest BCUT2D eigenvalue weighted by Crippen LogP contribution is 2.36. The van der Waals surface area contributed by atoms with Crippen molar-refractivity contribution in [2.24, 2.45) is 9.98 Å². The first kappa shape index (κ1) is 22.2. The summed E-state index contributed by atoms with van der Waals surface area (Å²) >= 11 is 1.44. The summed E-state index contributed by atoms with van der Waals surface area (Å²) in [5.41, 5.74) is 7.94. The number of benzene rings is 3. The highest BCUT2D eigenvalue weighted by Gasteiger charge is 2.18. The summed E-state index contributed by atoms with van der Waals surface area (Å²) in [6.07, 6.45) is 0.567. The van der Waals surface area contributed by atoms with Gasteiger partial charge in [0.05, 0.1) is 27.9 Å². The molecule has 3 aromatic carbocycles. The highest BCUT2D eigenvalue weighted by molar-refractivity contribution is 8.14. The van der Waals surface area contributed by atoms with Crippen LogP contribution in [0.5, 0.6) is 11.5 Å². The van der Waals surface area contributed by atoms with Gasteiger partial charge in [-0.25, -0.2) is 4.99 Å². The molecule has 7 heteroatoms. The number of amides is 1. The molecule has 172 valence electrons. The van der Waals surface area contributed by atoms with Crippen LogP contribution >= 0.6 is 11.8 Å². The molecule has 0 saturated heterocycles. The fourth-order valence-electron chi connectivity index (χ4n) is 3.78. The van der Waals surface area contributed by atoms with Gasteiger partial charge in [0.15, 0.2) is 11.5 Å². The Balaban J connectivity index is 1.36. The number of carbonyl (C=O) groups is 1. The zero-order chi connectivity index (χ0) is 23.7. The van der Waals surface area contributed by atoms with Gasteiger partial charge in [0.25, 0.3) is 0 Å². The van der Waals surface area contributed by atoms with Crippen LogP contribution in [0.25, 0.3) is 0 Å². The molecular formula is C27H25N3O3S. The Bertz CT molecular complexity index is 1330. The second-order valence-corrected chi connectivity index (χ2v) is 9.49. The molecule has 6 nitrogen and oxygen atoms in total. The largest absolute Gasteiger partial charge is 0.454 e. The van der Waals surface area contributed by atoms with Crippen LogP contribution in [0.4, 0.5) is 17.1 Å². The van der Waals surface area contributed by atoms with E-state index >= 15 is 0 Å². The van der Waals surface area contributed by atoms with Gasteiger partial charge in [-0.2, -0.15) is 0 Å². The van der Waals surface area contributed by atoms with E-state index < -0.39 is 0 Å². The number of carbonyl (C=O) groups excluding carboxylic acids is 1. The maximum atomic E-state index is 12.7. The van der Waals surface area contributed by atoms with Crippen molar-refractivity contribution in [2.75, 3.05) is 17.9 Å². The third kappa shape index (κ3) is 4.84. The number of nitrogens with zero attached hydrogens (tertiary/aromatic N) is 2. The topological polar surface area (TPSA) is 72.3 Å². The molecule has 0 spiro atoms. The van der Waals surface area contributed by atoms with E-state index in [-0.39, 0.29) is 18.5 Å². The molecule has 0 atom stereocenters. The third-order valence-corrected chi connectivity index (χ3v) is 6.80. The molecule has 2 aliphatic heterocycles. The number of ether oxygens (including phenoxy) is 2. The minimum absolute atomic E-state index is 0.107. The van der Waals surface area contributed by atoms with Crippen molar-refractivity contribution >= 4 is 45.5 Å². The van der Waals surface area contributed by atoms with Crippen molar-refractivity contribution in [3.8, 4) is 11.5 Å². The van der Waals surface area contributed by atoms with Crippen molar-refractivity contribution in [2.45, 2.75) is 27.2 Å². The van der Waals surface area contributed by atoms with E-state index in [1.165, 1.54) is 28.5 Å². The minimum atomic E-state index is -0.107. The fraction of sp³-hybridized carbons (Fsp3) is 0.222. The van der Waals surface area contributed by atoms with E-state index in [9.17, 15) is 4.79 Å². The summed E-state index contributed by atoms with van der Waals surface area (Å²) in [7, 11) is 0. The smallest absolute Gasteiger partial charge is 0.234 e. The predicted molar refractivity (Wildman–Crippen MR) is 139 cm³/mol. The lowest BCUT2D eigenvalue weighted by Crippen LogP contribution is -2.16. The van der Waals surface area contributed by atoms with Crippen molar-refractivity contribution in [3.63, 3.8) is 0 Å². The van der Waals surface area contributed by atoms with E-state index in [2.05, 4.69) is 62.5 Å².